The normalized spacial score (nSPS) is 10.4. The number of nitrogens with zero attached hydrogens (tertiary/aromatic N) is 1. The molecule has 0 aliphatic rings. The Bertz CT molecular complexity index is 752. The first-order valence-electron chi connectivity index (χ1n) is 8.76. The van der Waals surface area contributed by atoms with Crippen molar-refractivity contribution < 1.29 is 14.3 Å². The van der Waals surface area contributed by atoms with Gasteiger partial charge < -0.3 is 15.4 Å². The standard InChI is InChI=1S/C20H25N3O3/c1-4-14-7-6-8-15(5-2)18(14)23-20(25)17-13-16(9-10-21-17)19(24)22-11-12-26-3/h6-10,13H,4-5,11-12H2,1-3H3,(H,22,24)(H,23,25). The van der Waals surface area contributed by atoms with Gasteiger partial charge in [0.2, 0.25) is 0 Å². The number of rotatable bonds is 8. The summed E-state index contributed by atoms with van der Waals surface area (Å²) in [5.41, 5.74) is 3.58. The van der Waals surface area contributed by atoms with Gasteiger partial charge in [-0.1, -0.05) is 32.0 Å². The van der Waals surface area contributed by atoms with Crippen LogP contribution in [0.4, 0.5) is 5.69 Å². The van der Waals surface area contributed by atoms with E-state index in [1.807, 2.05) is 32.0 Å². The molecule has 0 fully saturated rings. The third kappa shape index (κ3) is 4.89. The van der Waals surface area contributed by atoms with Gasteiger partial charge in [0.15, 0.2) is 0 Å². The zero-order valence-corrected chi connectivity index (χ0v) is 15.5. The third-order valence-electron chi connectivity index (χ3n) is 4.08. The lowest BCUT2D eigenvalue weighted by atomic mass is 10.0. The van der Waals surface area contributed by atoms with Crippen molar-refractivity contribution in [3.8, 4) is 0 Å². The fraction of sp³-hybridized carbons (Fsp3) is 0.350. The van der Waals surface area contributed by atoms with E-state index in [1.54, 1.807) is 13.2 Å². The first kappa shape index (κ1) is 19.6. The van der Waals surface area contributed by atoms with Crippen molar-refractivity contribution in [2.45, 2.75) is 26.7 Å². The van der Waals surface area contributed by atoms with Crippen LogP contribution in [-0.4, -0.2) is 37.1 Å². The summed E-state index contributed by atoms with van der Waals surface area (Å²) < 4.78 is 4.91. The van der Waals surface area contributed by atoms with Crippen LogP contribution in [-0.2, 0) is 17.6 Å². The van der Waals surface area contributed by atoms with Crippen LogP contribution in [0.3, 0.4) is 0 Å². The summed E-state index contributed by atoms with van der Waals surface area (Å²) in [5, 5.41) is 5.69. The van der Waals surface area contributed by atoms with Gasteiger partial charge in [-0.15, -0.1) is 0 Å². The summed E-state index contributed by atoms with van der Waals surface area (Å²) in [6.45, 7) is 4.93. The second-order valence-corrected chi connectivity index (χ2v) is 5.79. The van der Waals surface area contributed by atoms with Crippen LogP contribution in [0.1, 0.15) is 45.8 Å². The first-order chi connectivity index (χ1) is 12.6. The van der Waals surface area contributed by atoms with Crippen LogP contribution in [0.15, 0.2) is 36.5 Å². The predicted molar refractivity (Wildman–Crippen MR) is 102 cm³/mol. The summed E-state index contributed by atoms with van der Waals surface area (Å²) in [6, 6.07) is 9.08. The van der Waals surface area contributed by atoms with Crippen LogP contribution in [0, 0.1) is 0 Å². The molecule has 2 amide bonds. The van der Waals surface area contributed by atoms with Gasteiger partial charge in [-0.3, -0.25) is 14.6 Å². The topological polar surface area (TPSA) is 80.3 Å². The number of ether oxygens (including phenoxy) is 1. The zero-order chi connectivity index (χ0) is 18.9. The quantitative estimate of drug-likeness (QED) is 0.714. The Hall–Kier alpha value is -2.73. The number of benzene rings is 1. The number of hydrogen-bond donors (Lipinski definition) is 2. The molecule has 6 heteroatoms. The molecular weight excluding hydrogens is 330 g/mol. The smallest absolute Gasteiger partial charge is 0.274 e. The molecule has 0 aliphatic heterocycles. The Labute approximate surface area is 154 Å². The van der Waals surface area contributed by atoms with E-state index in [4.69, 9.17) is 4.74 Å². The molecule has 1 aromatic heterocycles. The number of aryl methyl sites for hydroxylation is 2. The number of amides is 2. The van der Waals surface area contributed by atoms with Crippen molar-refractivity contribution in [1.82, 2.24) is 10.3 Å². The van der Waals surface area contributed by atoms with E-state index in [1.165, 1.54) is 12.3 Å². The van der Waals surface area contributed by atoms with Crippen LogP contribution in [0.5, 0.6) is 0 Å². The fourth-order valence-corrected chi connectivity index (χ4v) is 2.65. The van der Waals surface area contributed by atoms with Gasteiger partial charge in [0, 0.05) is 31.1 Å². The molecular formula is C20H25N3O3. The molecule has 2 rings (SSSR count). The minimum Gasteiger partial charge on any atom is -0.383 e. The van der Waals surface area contributed by atoms with Gasteiger partial charge >= 0.3 is 0 Å². The number of nitrogens with one attached hydrogen (secondary N) is 2. The monoisotopic (exact) mass is 355 g/mol. The number of para-hydroxylation sites is 1. The molecule has 6 nitrogen and oxygen atoms in total. The highest BCUT2D eigenvalue weighted by Crippen LogP contribution is 2.23. The Morgan fingerprint density at radius 2 is 1.77 bits per heavy atom. The molecule has 0 saturated carbocycles. The molecule has 138 valence electrons. The minimum atomic E-state index is -0.327. The van der Waals surface area contributed by atoms with Crippen LogP contribution >= 0.6 is 0 Å². The second kappa shape index (κ2) is 9.68. The molecule has 0 aliphatic carbocycles. The van der Waals surface area contributed by atoms with E-state index in [-0.39, 0.29) is 17.5 Å². The third-order valence-corrected chi connectivity index (χ3v) is 4.08. The first-order valence-corrected chi connectivity index (χ1v) is 8.76. The molecule has 0 saturated heterocycles. The number of hydrogen-bond acceptors (Lipinski definition) is 4. The largest absolute Gasteiger partial charge is 0.383 e. The van der Waals surface area contributed by atoms with Crippen molar-refractivity contribution in [2.24, 2.45) is 0 Å². The summed E-state index contributed by atoms with van der Waals surface area (Å²) in [4.78, 5) is 28.9. The lowest BCUT2D eigenvalue weighted by Gasteiger charge is -2.14. The summed E-state index contributed by atoms with van der Waals surface area (Å²) in [5.74, 6) is -0.589. The molecule has 0 atom stereocenters. The van der Waals surface area contributed by atoms with Gasteiger partial charge in [0.05, 0.1) is 6.61 Å². The number of aromatic nitrogens is 1. The van der Waals surface area contributed by atoms with Crippen molar-refractivity contribution in [1.29, 1.82) is 0 Å². The van der Waals surface area contributed by atoms with Gasteiger partial charge in [-0.25, -0.2) is 0 Å². The molecule has 0 spiro atoms. The number of anilines is 1. The van der Waals surface area contributed by atoms with Crippen LogP contribution < -0.4 is 10.6 Å². The summed E-state index contributed by atoms with van der Waals surface area (Å²) in [6.07, 6.45) is 3.10. The second-order valence-electron chi connectivity index (χ2n) is 5.79. The Morgan fingerprint density at radius 3 is 2.38 bits per heavy atom. The highest BCUT2D eigenvalue weighted by molar-refractivity contribution is 6.05. The molecule has 2 N–H and O–H groups in total. The summed E-state index contributed by atoms with van der Waals surface area (Å²) >= 11 is 0. The maximum absolute atomic E-state index is 12.7. The molecule has 0 radical (unpaired) electrons. The van der Waals surface area contributed by atoms with Crippen LogP contribution in [0.2, 0.25) is 0 Å². The highest BCUT2D eigenvalue weighted by atomic mass is 16.5. The SMILES string of the molecule is CCc1cccc(CC)c1NC(=O)c1cc(C(=O)NCCOC)ccn1. The zero-order valence-electron chi connectivity index (χ0n) is 15.5. The Morgan fingerprint density at radius 1 is 1.08 bits per heavy atom. The van der Waals surface area contributed by atoms with E-state index in [2.05, 4.69) is 15.6 Å². The average molecular weight is 355 g/mol. The van der Waals surface area contributed by atoms with E-state index >= 15 is 0 Å². The predicted octanol–water partition coefficient (Wildman–Crippen LogP) is 2.83. The van der Waals surface area contributed by atoms with Gasteiger partial charge in [0.25, 0.3) is 11.8 Å². The van der Waals surface area contributed by atoms with Crippen molar-refractivity contribution in [2.75, 3.05) is 25.6 Å². The molecule has 2 aromatic rings. The maximum atomic E-state index is 12.7. The molecule has 0 bridgehead atoms. The lowest BCUT2D eigenvalue weighted by molar-refractivity contribution is 0.0937. The maximum Gasteiger partial charge on any atom is 0.274 e. The van der Waals surface area contributed by atoms with Crippen LogP contribution in [0.25, 0.3) is 0 Å². The molecule has 26 heavy (non-hydrogen) atoms. The number of carbonyl (C=O) groups excluding carboxylic acids is 2. The van der Waals surface area contributed by atoms with Gasteiger partial charge in [0.1, 0.15) is 5.69 Å². The highest BCUT2D eigenvalue weighted by Gasteiger charge is 2.15. The summed E-state index contributed by atoms with van der Waals surface area (Å²) in [7, 11) is 1.57. The van der Waals surface area contributed by atoms with Crippen molar-refractivity contribution in [3.05, 3.63) is 58.9 Å². The molecule has 1 aromatic carbocycles. The Kier molecular flexibility index (Phi) is 7.29. The van der Waals surface area contributed by atoms with E-state index in [0.29, 0.717) is 18.7 Å². The Balaban J connectivity index is 2.18. The average Bonchev–Trinajstić information content (AvgIpc) is 2.68. The van der Waals surface area contributed by atoms with Gasteiger partial charge in [-0.2, -0.15) is 0 Å². The minimum absolute atomic E-state index is 0.206. The molecule has 0 unspecified atom stereocenters. The van der Waals surface area contributed by atoms with E-state index in [9.17, 15) is 9.59 Å². The number of pyridine rings is 1. The number of carbonyl (C=O) groups is 2. The van der Waals surface area contributed by atoms with Crippen molar-refractivity contribution in [3.63, 3.8) is 0 Å². The van der Waals surface area contributed by atoms with E-state index in [0.717, 1.165) is 29.7 Å². The lowest BCUT2D eigenvalue weighted by Crippen LogP contribution is -2.27. The van der Waals surface area contributed by atoms with Crippen molar-refractivity contribution >= 4 is 17.5 Å². The fourth-order valence-electron chi connectivity index (χ4n) is 2.65. The number of methoxy groups -OCH3 is 1. The molecule has 1 heterocycles. The van der Waals surface area contributed by atoms with E-state index < -0.39 is 0 Å². The van der Waals surface area contributed by atoms with Gasteiger partial charge in [-0.05, 0) is 36.1 Å².